The van der Waals surface area contributed by atoms with Gasteiger partial charge in [-0.2, -0.15) is 9.46 Å². The molecule has 7 heteroatoms. The normalized spacial score (nSPS) is 13.2. The second-order valence-electron chi connectivity index (χ2n) is 5.68. The van der Waals surface area contributed by atoms with Gasteiger partial charge in [-0.25, -0.2) is 13.9 Å². The molecule has 1 atom stereocenters. The third-order valence-electron chi connectivity index (χ3n) is 3.67. The summed E-state index contributed by atoms with van der Waals surface area (Å²) >= 11 is 0. The number of rotatable bonds is 3. The Morgan fingerprint density at radius 3 is 2.24 bits per heavy atom. The Balaban J connectivity index is 1.90. The van der Waals surface area contributed by atoms with Crippen molar-refractivity contribution in [2.24, 2.45) is 4.36 Å². The summed E-state index contributed by atoms with van der Waals surface area (Å²) in [5.74, 6) is 0.942. The Morgan fingerprint density at radius 1 is 1.04 bits per heavy atom. The molecule has 2 aromatic carbocycles. The number of nitrogens with zero attached hydrogens (tertiary/aromatic N) is 4. The van der Waals surface area contributed by atoms with E-state index in [2.05, 4.69) is 14.4 Å². The molecule has 0 aliphatic carbocycles. The van der Waals surface area contributed by atoms with Crippen LogP contribution in [0.5, 0.6) is 0 Å². The molecule has 0 aliphatic rings. The minimum absolute atomic E-state index is 0.378. The minimum atomic E-state index is -2.78. The van der Waals surface area contributed by atoms with Gasteiger partial charge in [-0.05, 0) is 50.2 Å². The second kappa shape index (κ2) is 6.60. The largest absolute Gasteiger partial charge is 0.285 e. The predicted molar refractivity (Wildman–Crippen MR) is 96.4 cm³/mol. The standard InChI is InChI=1S/C18H18N4O2S/c1-13-19-14(2)22(20-13)16-11-9-15(10-12-16)18(23)21-25(3,24)17-7-5-4-6-8-17/h4-12H,1-3H3. The first-order chi connectivity index (χ1) is 11.9. The van der Waals surface area contributed by atoms with E-state index in [9.17, 15) is 9.00 Å². The lowest BCUT2D eigenvalue weighted by atomic mass is 10.2. The SMILES string of the molecule is Cc1nc(C)n(-c2ccc(C(=O)N=S(C)(=O)c3ccccc3)cc2)n1. The molecule has 3 rings (SSSR count). The van der Waals surface area contributed by atoms with Gasteiger partial charge in [-0.15, -0.1) is 0 Å². The molecular formula is C18H18N4O2S. The first-order valence-electron chi connectivity index (χ1n) is 7.69. The molecule has 6 nitrogen and oxygen atoms in total. The molecule has 0 fully saturated rings. The highest BCUT2D eigenvalue weighted by molar-refractivity contribution is 7.93. The molecule has 1 amide bonds. The van der Waals surface area contributed by atoms with Gasteiger partial charge in [0.15, 0.2) is 0 Å². The smallest absolute Gasteiger partial charge is 0.266 e. The average molecular weight is 354 g/mol. The third kappa shape index (κ3) is 3.66. The van der Waals surface area contributed by atoms with Crippen LogP contribution in [0, 0.1) is 13.8 Å². The number of hydrogen-bond donors (Lipinski definition) is 0. The Bertz CT molecular complexity index is 1030. The zero-order valence-electron chi connectivity index (χ0n) is 14.2. The number of aromatic nitrogens is 3. The molecule has 0 bridgehead atoms. The summed E-state index contributed by atoms with van der Waals surface area (Å²) < 4.78 is 18.3. The predicted octanol–water partition coefficient (Wildman–Crippen LogP) is 3.18. The fraction of sp³-hybridized carbons (Fsp3) is 0.167. The molecule has 0 saturated heterocycles. The van der Waals surface area contributed by atoms with Crippen LogP contribution >= 0.6 is 0 Å². The molecule has 0 radical (unpaired) electrons. The molecule has 0 saturated carbocycles. The first kappa shape index (κ1) is 17.0. The van der Waals surface area contributed by atoms with E-state index in [1.54, 1.807) is 53.2 Å². The second-order valence-corrected chi connectivity index (χ2v) is 7.94. The number of hydrogen-bond acceptors (Lipinski definition) is 4. The summed E-state index contributed by atoms with van der Waals surface area (Å²) in [4.78, 5) is 17.2. The number of aryl methyl sites for hydroxylation is 2. The van der Waals surface area contributed by atoms with Gasteiger partial charge >= 0.3 is 0 Å². The third-order valence-corrected chi connectivity index (χ3v) is 5.33. The number of benzene rings is 2. The van der Waals surface area contributed by atoms with E-state index in [0.717, 1.165) is 11.5 Å². The Morgan fingerprint density at radius 2 is 1.68 bits per heavy atom. The van der Waals surface area contributed by atoms with Gasteiger partial charge in [0, 0.05) is 16.7 Å². The molecule has 0 aliphatic heterocycles. The van der Waals surface area contributed by atoms with Crippen LogP contribution in [0.3, 0.4) is 0 Å². The summed E-state index contributed by atoms with van der Waals surface area (Å²) in [7, 11) is -2.78. The minimum Gasteiger partial charge on any atom is -0.266 e. The highest BCUT2D eigenvalue weighted by Gasteiger charge is 2.12. The zero-order valence-corrected chi connectivity index (χ0v) is 15.0. The van der Waals surface area contributed by atoms with Gasteiger partial charge in [0.1, 0.15) is 11.6 Å². The van der Waals surface area contributed by atoms with E-state index in [1.165, 1.54) is 6.26 Å². The lowest BCUT2D eigenvalue weighted by Gasteiger charge is -2.05. The van der Waals surface area contributed by atoms with Gasteiger partial charge in [0.05, 0.1) is 15.4 Å². The lowest BCUT2D eigenvalue weighted by Crippen LogP contribution is -2.05. The van der Waals surface area contributed by atoms with Crippen molar-refractivity contribution in [3.05, 3.63) is 71.8 Å². The van der Waals surface area contributed by atoms with Crippen LogP contribution in [0.15, 0.2) is 63.9 Å². The van der Waals surface area contributed by atoms with E-state index in [-0.39, 0.29) is 0 Å². The van der Waals surface area contributed by atoms with Gasteiger partial charge in [-0.3, -0.25) is 4.79 Å². The van der Waals surface area contributed by atoms with Crippen LogP contribution in [0.25, 0.3) is 5.69 Å². The van der Waals surface area contributed by atoms with Gasteiger partial charge in [0.25, 0.3) is 5.91 Å². The summed E-state index contributed by atoms with van der Waals surface area (Å²) in [5, 5.41) is 4.31. The maximum absolute atomic E-state index is 12.7. The molecular weight excluding hydrogens is 336 g/mol. The lowest BCUT2D eigenvalue weighted by molar-refractivity contribution is 0.100. The summed E-state index contributed by atoms with van der Waals surface area (Å²) in [6.07, 6.45) is 1.47. The van der Waals surface area contributed by atoms with E-state index >= 15 is 0 Å². The van der Waals surface area contributed by atoms with Crippen LogP contribution < -0.4 is 0 Å². The van der Waals surface area contributed by atoms with E-state index in [4.69, 9.17) is 0 Å². The van der Waals surface area contributed by atoms with Crippen molar-refractivity contribution < 1.29 is 9.00 Å². The van der Waals surface area contributed by atoms with Crippen molar-refractivity contribution in [1.82, 2.24) is 14.8 Å². The van der Waals surface area contributed by atoms with Crippen LogP contribution in [-0.4, -0.2) is 31.1 Å². The van der Waals surface area contributed by atoms with Crippen LogP contribution in [0.4, 0.5) is 0 Å². The summed E-state index contributed by atoms with van der Waals surface area (Å²) in [5.41, 5.74) is 1.18. The first-order valence-corrected chi connectivity index (χ1v) is 9.61. The van der Waals surface area contributed by atoms with Crippen LogP contribution in [0.1, 0.15) is 22.0 Å². The maximum Gasteiger partial charge on any atom is 0.285 e. The van der Waals surface area contributed by atoms with Crippen LogP contribution in [0.2, 0.25) is 0 Å². The van der Waals surface area contributed by atoms with Gasteiger partial charge in [-0.1, -0.05) is 18.2 Å². The van der Waals surface area contributed by atoms with E-state index < -0.39 is 15.6 Å². The Kier molecular flexibility index (Phi) is 4.50. The number of carbonyl (C=O) groups is 1. The fourth-order valence-corrected chi connectivity index (χ4v) is 3.64. The fourth-order valence-electron chi connectivity index (χ4n) is 2.45. The van der Waals surface area contributed by atoms with E-state index in [0.29, 0.717) is 16.3 Å². The molecule has 128 valence electrons. The van der Waals surface area contributed by atoms with Gasteiger partial charge < -0.3 is 0 Å². The van der Waals surface area contributed by atoms with Crippen molar-refractivity contribution in [1.29, 1.82) is 0 Å². The zero-order chi connectivity index (χ0) is 18.0. The topological polar surface area (TPSA) is 77.2 Å². The summed E-state index contributed by atoms with van der Waals surface area (Å²) in [6.45, 7) is 3.68. The van der Waals surface area contributed by atoms with Crippen LogP contribution in [-0.2, 0) is 9.73 Å². The highest BCUT2D eigenvalue weighted by Crippen LogP contribution is 2.15. The van der Waals surface area contributed by atoms with Gasteiger partial charge in [0.2, 0.25) is 0 Å². The molecule has 3 aromatic rings. The molecule has 1 heterocycles. The maximum atomic E-state index is 12.7. The quantitative estimate of drug-likeness (QED) is 0.724. The van der Waals surface area contributed by atoms with E-state index in [1.807, 2.05) is 19.9 Å². The highest BCUT2D eigenvalue weighted by atomic mass is 32.2. The molecule has 1 aromatic heterocycles. The summed E-state index contributed by atoms with van der Waals surface area (Å²) in [6, 6.07) is 15.6. The van der Waals surface area contributed by atoms with Crippen molar-refractivity contribution in [3.63, 3.8) is 0 Å². The molecule has 1 unspecified atom stereocenters. The Labute approximate surface area is 146 Å². The molecule has 0 spiro atoms. The number of amides is 1. The Hall–Kier alpha value is -2.80. The molecule has 25 heavy (non-hydrogen) atoms. The van der Waals surface area contributed by atoms with Crippen molar-refractivity contribution in [2.75, 3.05) is 6.26 Å². The monoisotopic (exact) mass is 354 g/mol. The van der Waals surface area contributed by atoms with Crippen molar-refractivity contribution >= 4 is 15.6 Å². The van der Waals surface area contributed by atoms with Crippen molar-refractivity contribution in [3.8, 4) is 5.69 Å². The average Bonchev–Trinajstić information content (AvgIpc) is 2.94. The molecule has 0 N–H and O–H groups in total. The van der Waals surface area contributed by atoms with Crippen molar-refractivity contribution in [2.45, 2.75) is 18.7 Å². The number of carbonyl (C=O) groups excluding carboxylic acids is 1.